The van der Waals surface area contributed by atoms with E-state index in [1.165, 1.54) is 6.42 Å². The average Bonchev–Trinajstić information content (AvgIpc) is 2.12. The summed E-state index contributed by atoms with van der Waals surface area (Å²) >= 11 is 0. The normalized spacial score (nSPS) is 19.4. The first-order valence-corrected chi connectivity index (χ1v) is 2.96. The van der Waals surface area contributed by atoms with Crippen LogP contribution < -0.4 is 0 Å². The molecule has 1 aliphatic heterocycles. The van der Waals surface area contributed by atoms with E-state index in [0.717, 1.165) is 13.0 Å². The number of amidine groups is 1. The topological polar surface area (TPSA) is 27.1 Å². The Morgan fingerprint density at radius 1 is 1.75 bits per heavy atom. The van der Waals surface area contributed by atoms with Crippen LogP contribution in [-0.4, -0.2) is 17.3 Å². The van der Waals surface area contributed by atoms with Crippen LogP contribution in [0, 0.1) is 12.0 Å². The van der Waals surface area contributed by atoms with Gasteiger partial charge in [0.25, 0.3) is 0 Å². The van der Waals surface area contributed by atoms with Crippen LogP contribution in [0.5, 0.6) is 0 Å². The van der Waals surface area contributed by atoms with Crippen molar-refractivity contribution in [1.82, 2.24) is 4.90 Å². The molecule has 0 amide bonds. The Bertz CT molecular complexity index is 92.7. The molecule has 0 aromatic rings. The minimum Gasteiger partial charge on any atom is -0.356 e. The molecule has 0 atom stereocenters. The van der Waals surface area contributed by atoms with Gasteiger partial charge in [-0.2, -0.15) is 0 Å². The van der Waals surface area contributed by atoms with E-state index in [-0.39, 0.29) is 0 Å². The third-order valence-corrected chi connectivity index (χ3v) is 1.38. The van der Waals surface area contributed by atoms with Crippen molar-refractivity contribution in [1.29, 1.82) is 5.41 Å². The van der Waals surface area contributed by atoms with Crippen LogP contribution in [-0.2, 0) is 0 Å². The smallest absolute Gasteiger partial charge is 0.0929 e. The molecule has 0 bridgehead atoms. The van der Waals surface area contributed by atoms with E-state index in [9.17, 15) is 0 Å². The quantitative estimate of drug-likeness (QED) is 0.369. The Hall–Kier alpha value is -0.530. The molecule has 1 N–H and O–H groups in total. The molecule has 1 saturated heterocycles. The van der Waals surface area contributed by atoms with Crippen molar-refractivity contribution in [2.24, 2.45) is 0 Å². The minimum atomic E-state index is 0.669. The van der Waals surface area contributed by atoms with Crippen molar-refractivity contribution in [3.05, 3.63) is 6.54 Å². The third kappa shape index (κ3) is 0.997. The van der Waals surface area contributed by atoms with Gasteiger partial charge in [-0.1, -0.05) is 0 Å². The summed E-state index contributed by atoms with van der Waals surface area (Å²) in [5.41, 5.74) is 0. The Labute approximate surface area is 50.0 Å². The Morgan fingerprint density at radius 3 is 2.75 bits per heavy atom. The van der Waals surface area contributed by atoms with Crippen molar-refractivity contribution in [3.8, 4) is 0 Å². The van der Waals surface area contributed by atoms with Gasteiger partial charge in [-0.3, -0.25) is 5.41 Å². The summed E-state index contributed by atoms with van der Waals surface area (Å²) in [5, 5.41) is 7.19. The summed E-state index contributed by atoms with van der Waals surface area (Å²) in [6.45, 7) is 4.96. The second-order valence-electron chi connectivity index (χ2n) is 2.10. The van der Waals surface area contributed by atoms with Crippen LogP contribution in [0.2, 0.25) is 0 Å². The highest BCUT2D eigenvalue weighted by molar-refractivity contribution is 5.77. The van der Waals surface area contributed by atoms with Crippen LogP contribution in [0.4, 0.5) is 0 Å². The fraction of sp³-hybridized carbons (Fsp3) is 0.667. The number of rotatable bonds is 0. The van der Waals surface area contributed by atoms with Crippen molar-refractivity contribution in [2.75, 3.05) is 6.54 Å². The molecule has 2 heteroatoms. The molecular weight excluding hydrogens is 100 g/mol. The first-order chi connectivity index (χ1) is 3.80. The lowest BCUT2D eigenvalue weighted by molar-refractivity contribution is 0.573. The average molecular weight is 111 g/mol. The summed E-state index contributed by atoms with van der Waals surface area (Å²) in [5.74, 6) is 0.669. The standard InChI is InChI=1S/C6H11N2/c1-6(7)8-4-2-3-5-8/h4,7H,2-3,5H2,1H3. The third-order valence-electron chi connectivity index (χ3n) is 1.38. The SMILES string of the molecule is CC(=N)N1[CH]CCC1. The van der Waals surface area contributed by atoms with Gasteiger partial charge in [0.2, 0.25) is 0 Å². The molecule has 45 valence electrons. The van der Waals surface area contributed by atoms with Crippen molar-refractivity contribution < 1.29 is 0 Å². The van der Waals surface area contributed by atoms with E-state index in [1.807, 2.05) is 11.8 Å². The number of nitrogens with one attached hydrogen (secondary N) is 1. The monoisotopic (exact) mass is 111 g/mol. The summed E-state index contributed by atoms with van der Waals surface area (Å²) < 4.78 is 0. The van der Waals surface area contributed by atoms with Gasteiger partial charge >= 0.3 is 0 Å². The first-order valence-electron chi connectivity index (χ1n) is 2.96. The zero-order chi connectivity index (χ0) is 5.98. The van der Waals surface area contributed by atoms with Crippen LogP contribution in [0.15, 0.2) is 0 Å². The predicted octanol–water partition coefficient (Wildman–Crippen LogP) is 1.24. The van der Waals surface area contributed by atoms with Crippen molar-refractivity contribution in [2.45, 2.75) is 19.8 Å². The van der Waals surface area contributed by atoms with Gasteiger partial charge in [0, 0.05) is 6.54 Å². The van der Waals surface area contributed by atoms with E-state index in [0.29, 0.717) is 5.84 Å². The van der Waals surface area contributed by atoms with E-state index >= 15 is 0 Å². The second kappa shape index (κ2) is 2.16. The van der Waals surface area contributed by atoms with E-state index in [1.54, 1.807) is 0 Å². The largest absolute Gasteiger partial charge is 0.356 e. The van der Waals surface area contributed by atoms with Gasteiger partial charge in [-0.05, 0) is 19.8 Å². The number of nitrogens with zero attached hydrogens (tertiary/aromatic N) is 1. The van der Waals surface area contributed by atoms with Crippen LogP contribution in [0.1, 0.15) is 19.8 Å². The van der Waals surface area contributed by atoms with E-state index in [4.69, 9.17) is 5.41 Å². The van der Waals surface area contributed by atoms with Gasteiger partial charge in [0.15, 0.2) is 0 Å². The molecule has 1 fully saturated rings. The summed E-state index contributed by atoms with van der Waals surface area (Å²) in [4.78, 5) is 1.99. The Kier molecular flexibility index (Phi) is 1.51. The van der Waals surface area contributed by atoms with E-state index in [2.05, 4.69) is 6.54 Å². The maximum Gasteiger partial charge on any atom is 0.0929 e. The maximum atomic E-state index is 7.19. The van der Waals surface area contributed by atoms with Crippen molar-refractivity contribution >= 4 is 5.84 Å². The maximum absolute atomic E-state index is 7.19. The molecule has 0 aromatic heterocycles. The lowest BCUT2D eigenvalue weighted by Crippen LogP contribution is -2.20. The van der Waals surface area contributed by atoms with Crippen molar-refractivity contribution in [3.63, 3.8) is 0 Å². The molecule has 0 unspecified atom stereocenters. The number of likely N-dealkylation sites (tertiary alicyclic amines) is 1. The van der Waals surface area contributed by atoms with E-state index < -0.39 is 0 Å². The summed E-state index contributed by atoms with van der Waals surface area (Å²) in [6.07, 6.45) is 2.37. The molecule has 0 spiro atoms. The predicted molar refractivity (Wildman–Crippen MR) is 33.6 cm³/mol. The number of hydrogen-bond donors (Lipinski definition) is 1. The molecule has 0 aromatic carbocycles. The lowest BCUT2D eigenvalue weighted by atomic mass is 10.4. The summed E-state index contributed by atoms with van der Waals surface area (Å²) in [6, 6.07) is 0. The molecule has 0 aliphatic carbocycles. The molecule has 1 rings (SSSR count). The Morgan fingerprint density at radius 2 is 2.50 bits per heavy atom. The van der Waals surface area contributed by atoms with Gasteiger partial charge in [-0.15, -0.1) is 0 Å². The zero-order valence-corrected chi connectivity index (χ0v) is 5.15. The molecule has 2 nitrogen and oxygen atoms in total. The second-order valence-corrected chi connectivity index (χ2v) is 2.10. The van der Waals surface area contributed by atoms with Gasteiger partial charge < -0.3 is 4.90 Å². The molecule has 0 saturated carbocycles. The molecule has 8 heavy (non-hydrogen) atoms. The highest BCUT2D eigenvalue weighted by Crippen LogP contribution is 2.11. The highest BCUT2D eigenvalue weighted by atomic mass is 15.2. The molecule has 1 heterocycles. The fourth-order valence-corrected chi connectivity index (χ4v) is 0.905. The van der Waals surface area contributed by atoms with Gasteiger partial charge in [-0.25, -0.2) is 0 Å². The van der Waals surface area contributed by atoms with Gasteiger partial charge in [0.05, 0.1) is 12.4 Å². The Balaban J connectivity index is 2.35. The molecular formula is C6H11N2. The molecule has 1 aliphatic rings. The minimum absolute atomic E-state index is 0.669. The number of hydrogen-bond acceptors (Lipinski definition) is 1. The highest BCUT2D eigenvalue weighted by Gasteiger charge is 2.10. The first kappa shape index (κ1) is 5.60. The summed E-state index contributed by atoms with van der Waals surface area (Å²) in [7, 11) is 0. The fourth-order valence-electron chi connectivity index (χ4n) is 0.905. The van der Waals surface area contributed by atoms with Gasteiger partial charge in [0.1, 0.15) is 0 Å². The van der Waals surface area contributed by atoms with Crippen LogP contribution in [0.3, 0.4) is 0 Å². The van der Waals surface area contributed by atoms with Crippen LogP contribution >= 0.6 is 0 Å². The zero-order valence-electron chi connectivity index (χ0n) is 5.15. The lowest BCUT2D eigenvalue weighted by Gasteiger charge is -2.12. The van der Waals surface area contributed by atoms with Crippen LogP contribution in [0.25, 0.3) is 0 Å². The molecule has 1 radical (unpaired) electrons.